The first-order chi connectivity index (χ1) is 9.13. The van der Waals surface area contributed by atoms with E-state index in [1.54, 1.807) is 12.1 Å². The third-order valence-electron chi connectivity index (χ3n) is 2.52. The number of ether oxygens (including phenoxy) is 2. The molecule has 98 valence electrons. The van der Waals surface area contributed by atoms with Gasteiger partial charge in [-0.25, -0.2) is 9.97 Å². The highest BCUT2D eigenvalue weighted by Crippen LogP contribution is 2.40. The zero-order valence-electron chi connectivity index (χ0n) is 9.49. The highest BCUT2D eigenvalue weighted by Gasteiger charge is 2.18. The molecule has 19 heavy (non-hydrogen) atoms. The van der Waals surface area contributed by atoms with Crippen LogP contribution in [0.2, 0.25) is 15.3 Å². The molecule has 0 saturated carbocycles. The summed E-state index contributed by atoms with van der Waals surface area (Å²) in [6.07, 6.45) is 0. The largest absolute Gasteiger partial charge is 0.486 e. The van der Waals surface area contributed by atoms with Gasteiger partial charge in [-0.2, -0.15) is 0 Å². The van der Waals surface area contributed by atoms with Gasteiger partial charge in [0.25, 0.3) is 0 Å². The van der Waals surface area contributed by atoms with Crippen LogP contribution in [0.3, 0.4) is 0 Å². The number of rotatable bonds is 1. The monoisotopic (exact) mass is 316 g/mol. The zero-order chi connectivity index (χ0) is 13.4. The van der Waals surface area contributed by atoms with Crippen LogP contribution in [-0.2, 0) is 0 Å². The third-order valence-corrected chi connectivity index (χ3v) is 3.19. The highest BCUT2D eigenvalue weighted by atomic mass is 35.5. The van der Waals surface area contributed by atoms with E-state index >= 15 is 0 Å². The Labute approximate surface area is 124 Å². The average Bonchev–Trinajstić information content (AvgIpc) is 2.37. The molecule has 1 aromatic carbocycles. The molecule has 0 bridgehead atoms. The van der Waals surface area contributed by atoms with Crippen molar-refractivity contribution in [3.63, 3.8) is 0 Å². The van der Waals surface area contributed by atoms with Gasteiger partial charge in [-0.1, -0.05) is 34.8 Å². The molecular formula is C12H7Cl3N2O2. The van der Waals surface area contributed by atoms with Crippen LogP contribution in [0, 0.1) is 0 Å². The van der Waals surface area contributed by atoms with Crippen LogP contribution in [0.15, 0.2) is 18.2 Å². The maximum atomic E-state index is 6.15. The molecule has 0 saturated heterocycles. The van der Waals surface area contributed by atoms with Gasteiger partial charge in [0.15, 0.2) is 17.3 Å². The highest BCUT2D eigenvalue weighted by molar-refractivity contribution is 6.33. The van der Waals surface area contributed by atoms with Crippen LogP contribution in [0.5, 0.6) is 11.5 Å². The molecule has 0 unspecified atom stereocenters. The Kier molecular flexibility index (Phi) is 3.39. The average molecular weight is 318 g/mol. The zero-order valence-corrected chi connectivity index (χ0v) is 11.8. The van der Waals surface area contributed by atoms with Crippen molar-refractivity contribution in [2.75, 3.05) is 13.2 Å². The van der Waals surface area contributed by atoms with Gasteiger partial charge in [-0.05, 0) is 12.1 Å². The van der Waals surface area contributed by atoms with Crippen molar-refractivity contribution < 1.29 is 9.47 Å². The fraction of sp³-hybridized carbons (Fsp3) is 0.167. The summed E-state index contributed by atoms with van der Waals surface area (Å²) >= 11 is 17.9. The molecule has 4 nitrogen and oxygen atoms in total. The maximum Gasteiger partial charge on any atom is 0.179 e. The van der Waals surface area contributed by atoms with Crippen molar-refractivity contribution in [2.24, 2.45) is 0 Å². The Balaban J connectivity index is 2.12. The van der Waals surface area contributed by atoms with Crippen molar-refractivity contribution in [2.45, 2.75) is 0 Å². The van der Waals surface area contributed by atoms with E-state index in [0.29, 0.717) is 41.1 Å². The number of benzene rings is 1. The van der Waals surface area contributed by atoms with Gasteiger partial charge < -0.3 is 9.47 Å². The predicted octanol–water partition coefficient (Wildman–Crippen LogP) is 3.88. The van der Waals surface area contributed by atoms with E-state index in [-0.39, 0.29) is 10.3 Å². The number of hydrogen-bond acceptors (Lipinski definition) is 4. The molecule has 0 spiro atoms. The van der Waals surface area contributed by atoms with Gasteiger partial charge in [0.05, 0.1) is 5.02 Å². The number of fused-ring (bicyclic) bond motifs is 1. The van der Waals surface area contributed by atoms with Crippen LogP contribution < -0.4 is 9.47 Å². The van der Waals surface area contributed by atoms with Crippen LogP contribution in [0.25, 0.3) is 11.4 Å². The summed E-state index contributed by atoms with van der Waals surface area (Å²) < 4.78 is 10.9. The Morgan fingerprint density at radius 3 is 2.32 bits per heavy atom. The minimum absolute atomic E-state index is 0.265. The van der Waals surface area contributed by atoms with E-state index in [1.807, 2.05) is 0 Å². The molecule has 0 N–H and O–H groups in total. The van der Waals surface area contributed by atoms with E-state index in [4.69, 9.17) is 44.3 Å². The first-order valence-electron chi connectivity index (χ1n) is 5.43. The summed E-state index contributed by atoms with van der Waals surface area (Å²) in [6.45, 7) is 0.954. The van der Waals surface area contributed by atoms with E-state index in [0.717, 1.165) is 0 Å². The van der Waals surface area contributed by atoms with E-state index in [2.05, 4.69) is 9.97 Å². The minimum Gasteiger partial charge on any atom is -0.486 e. The summed E-state index contributed by atoms with van der Waals surface area (Å²) in [5.41, 5.74) is 0.665. The first-order valence-corrected chi connectivity index (χ1v) is 6.56. The van der Waals surface area contributed by atoms with Gasteiger partial charge in [0, 0.05) is 11.6 Å². The molecule has 2 heterocycles. The molecule has 0 amide bonds. The summed E-state index contributed by atoms with van der Waals surface area (Å²) in [5, 5.41) is 0.967. The van der Waals surface area contributed by atoms with Crippen molar-refractivity contribution in [3.05, 3.63) is 33.5 Å². The second-order valence-electron chi connectivity index (χ2n) is 3.82. The molecule has 1 aromatic heterocycles. The summed E-state index contributed by atoms with van der Waals surface area (Å²) in [4.78, 5) is 8.22. The SMILES string of the molecule is Clc1cc(Cl)nc(-c2cc(Cl)c3c(c2)OCCO3)n1. The third kappa shape index (κ3) is 2.56. The van der Waals surface area contributed by atoms with Gasteiger partial charge in [-0.3, -0.25) is 0 Å². The van der Waals surface area contributed by atoms with Gasteiger partial charge in [-0.15, -0.1) is 0 Å². The van der Waals surface area contributed by atoms with E-state index < -0.39 is 0 Å². The van der Waals surface area contributed by atoms with Crippen LogP contribution >= 0.6 is 34.8 Å². The molecular weight excluding hydrogens is 311 g/mol. The molecule has 1 aliphatic rings. The molecule has 0 aliphatic carbocycles. The van der Waals surface area contributed by atoms with Crippen molar-refractivity contribution in [3.8, 4) is 22.9 Å². The smallest absolute Gasteiger partial charge is 0.179 e. The van der Waals surface area contributed by atoms with Crippen molar-refractivity contribution in [1.82, 2.24) is 9.97 Å². The van der Waals surface area contributed by atoms with E-state index in [9.17, 15) is 0 Å². The number of hydrogen-bond donors (Lipinski definition) is 0. The Morgan fingerprint density at radius 2 is 1.58 bits per heavy atom. The molecule has 0 atom stereocenters. The standard InChI is InChI=1S/C12H7Cl3N2O2/c13-7-3-6(4-8-11(7)19-2-1-18-8)12-16-9(14)5-10(15)17-12/h3-5H,1-2H2. The number of halogens is 3. The maximum absolute atomic E-state index is 6.15. The quantitative estimate of drug-likeness (QED) is 0.749. The Morgan fingerprint density at radius 1 is 0.895 bits per heavy atom. The van der Waals surface area contributed by atoms with Gasteiger partial charge in [0.1, 0.15) is 23.5 Å². The molecule has 3 rings (SSSR count). The van der Waals surface area contributed by atoms with Crippen LogP contribution in [0.1, 0.15) is 0 Å². The molecule has 7 heteroatoms. The first kappa shape index (κ1) is 12.8. The lowest BCUT2D eigenvalue weighted by Crippen LogP contribution is -2.15. The lowest BCUT2D eigenvalue weighted by molar-refractivity contribution is 0.172. The molecule has 0 radical (unpaired) electrons. The summed E-state index contributed by atoms with van der Waals surface area (Å²) in [5.74, 6) is 1.48. The fourth-order valence-electron chi connectivity index (χ4n) is 1.76. The fourth-order valence-corrected chi connectivity index (χ4v) is 2.45. The lowest BCUT2D eigenvalue weighted by Gasteiger charge is -2.20. The second-order valence-corrected chi connectivity index (χ2v) is 5.00. The summed E-state index contributed by atoms with van der Waals surface area (Å²) in [6, 6.07) is 4.91. The molecule has 1 aliphatic heterocycles. The second kappa shape index (κ2) is 5.04. The normalized spacial score (nSPS) is 13.4. The van der Waals surface area contributed by atoms with Gasteiger partial charge >= 0.3 is 0 Å². The molecule has 2 aromatic rings. The summed E-state index contributed by atoms with van der Waals surface area (Å²) in [7, 11) is 0. The number of nitrogens with zero attached hydrogens (tertiary/aromatic N) is 2. The van der Waals surface area contributed by atoms with Crippen LogP contribution in [-0.4, -0.2) is 23.2 Å². The Bertz CT molecular complexity index is 629. The number of aromatic nitrogens is 2. The van der Waals surface area contributed by atoms with Crippen molar-refractivity contribution >= 4 is 34.8 Å². The predicted molar refractivity (Wildman–Crippen MR) is 73.5 cm³/mol. The van der Waals surface area contributed by atoms with E-state index in [1.165, 1.54) is 6.07 Å². The van der Waals surface area contributed by atoms with Gasteiger partial charge in [0.2, 0.25) is 0 Å². The van der Waals surface area contributed by atoms with Crippen LogP contribution in [0.4, 0.5) is 0 Å². The Hall–Kier alpha value is -1.23. The minimum atomic E-state index is 0.265. The molecule has 0 fully saturated rings. The van der Waals surface area contributed by atoms with Crippen molar-refractivity contribution in [1.29, 1.82) is 0 Å². The topological polar surface area (TPSA) is 44.2 Å². The lowest BCUT2D eigenvalue weighted by atomic mass is 10.2.